The predicted octanol–water partition coefficient (Wildman–Crippen LogP) is 29.2. The van der Waals surface area contributed by atoms with Gasteiger partial charge in [-0.25, -0.2) is 4.57 Å². The van der Waals surface area contributed by atoms with E-state index in [0.717, 1.165) is 96.3 Å². The van der Waals surface area contributed by atoms with E-state index in [1.165, 1.54) is 289 Å². The van der Waals surface area contributed by atoms with Crippen LogP contribution in [0, 0.1) is 0 Å². The van der Waals surface area contributed by atoms with Crippen molar-refractivity contribution < 1.29 is 37.6 Å². The molecule has 100 heavy (non-hydrogen) atoms. The predicted molar refractivity (Wildman–Crippen MR) is 436 cm³/mol. The lowest BCUT2D eigenvalue weighted by molar-refractivity contribution is -0.161. The van der Waals surface area contributed by atoms with Gasteiger partial charge in [0, 0.05) is 19.4 Å². The van der Waals surface area contributed by atoms with Crippen LogP contribution in [0.5, 0.6) is 0 Å². The van der Waals surface area contributed by atoms with Crippen molar-refractivity contribution in [3.05, 3.63) is 109 Å². The fourth-order valence-electron chi connectivity index (χ4n) is 12.6. The van der Waals surface area contributed by atoms with Crippen LogP contribution >= 0.6 is 7.82 Å². The molecule has 580 valence electrons. The highest BCUT2D eigenvalue weighted by molar-refractivity contribution is 7.47. The summed E-state index contributed by atoms with van der Waals surface area (Å²) >= 11 is 0. The molecule has 0 heterocycles. The smallest absolute Gasteiger partial charge is 0.462 e. The molecule has 2 atom stereocenters. The van der Waals surface area contributed by atoms with E-state index < -0.39 is 26.5 Å². The summed E-state index contributed by atoms with van der Waals surface area (Å²) in [6.07, 6.45) is 118. The summed E-state index contributed by atoms with van der Waals surface area (Å²) < 4.78 is 33.3. The summed E-state index contributed by atoms with van der Waals surface area (Å²) in [5, 5.41) is 0. The molecule has 0 aromatic heterocycles. The molecule has 0 aliphatic carbocycles. The molecule has 0 saturated heterocycles. The van der Waals surface area contributed by atoms with Crippen molar-refractivity contribution in [3.8, 4) is 0 Å². The Labute approximate surface area is 619 Å². The second-order valence-corrected chi connectivity index (χ2v) is 30.1. The van der Waals surface area contributed by atoms with Gasteiger partial charge in [0.05, 0.1) is 13.2 Å². The Bertz CT molecular complexity index is 2020. The number of esters is 2. The molecular formula is C90H162NO8P. The van der Waals surface area contributed by atoms with E-state index in [0.29, 0.717) is 6.42 Å². The number of phosphoric acid groups is 1. The molecule has 0 spiro atoms. The summed E-state index contributed by atoms with van der Waals surface area (Å²) in [6.45, 7) is 3.69. The number of unbranched alkanes of at least 4 members (excludes halogenated alkanes) is 50. The van der Waals surface area contributed by atoms with Gasteiger partial charge in [0.1, 0.15) is 6.61 Å². The van der Waals surface area contributed by atoms with Crippen molar-refractivity contribution in [2.24, 2.45) is 5.73 Å². The monoisotopic (exact) mass is 1420 g/mol. The first-order chi connectivity index (χ1) is 49.3. The second-order valence-electron chi connectivity index (χ2n) is 28.7. The van der Waals surface area contributed by atoms with Crippen LogP contribution in [-0.2, 0) is 32.7 Å². The van der Waals surface area contributed by atoms with Gasteiger partial charge in [0.2, 0.25) is 0 Å². The summed E-state index contributed by atoms with van der Waals surface area (Å²) in [7, 11) is -4.40. The third kappa shape index (κ3) is 83.6. The topological polar surface area (TPSA) is 134 Å². The van der Waals surface area contributed by atoms with Gasteiger partial charge in [-0.2, -0.15) is 0 Å². The molecule has 0 aromatic carbocycles. The Kier molecular flexibility index (Phi) is 81.8. The molecule has 0 amide bonds. The van der Waals surface area contributed by atoms with E-state index in [9.17, 15) is 19.0 Å². The number of nitrogens with two attached hydrogens (primary N) is 1. The molecule has 2 unspecified atom stereocenters. The van der Waals surface area contributed by atoms with Gasteiger partial charge in [0.25, 0.3) is 0 Å². The molecule has 0 fully saturated rings. The van der Waals surface area contributed by atoms with E-state index in [2.05, 4.69) is 123 Å². The largest absolute Gasteiger partial charge is 0.472 e. The lowest BCUT2D eigenvalue weighted by Crippen LogP contribution is -2.29. The van der Waals surface area contributed by atoms with Gasteiger partial charge >= 0.3 is 19.8 Å². The number of hydrogen-bond acceptors (Lipinski definition) is 8. The molecule has 0 saturated carbocycles. The van der Waals surface area contributed by atoms with Gasteiger partial charge in [-0.05, 0) is 83.5 Å². The van der Waals surface area contributed by atoms with Crippen LogP contribution in [-0.4, -0.2) is 49.3 Å². The van der Waals surface area contributed by atoms with Gasteiger partial charge in [-0.1, -0.05) is 431 Å². The average Bonchev–Trinajstić information content (AvgIpc) is 0.983. The third-order valence-corrected chi connectivity index (χ3v) is 19.9. The summed E-state index contributed by atoms with van der Waals surface area (Å²) in [4.78, 5) is 35.5. The molecule has 10 heteroatoms. The number of hydrogen-bond donors (Lipinski definition) is 2. The molecule has 0 rings (SSSR count). The van der Waals surface area contributed by atoms with Crippen LogP contribution in [0.2, 0.25) is 0 Å². The molecule has 0 radical (unpaired) electrons. The first kappa shape index (κ1) is 96.7. The molecule has 0 bridgehead atoms. The molecular weight excluding hydrogens is 1250 g/mol. The van der Waals surface area contributed by atoms with Crippen LogP contribution in [0.4, 0.5) is 0 Å². The second kappa shape index (κ2) is 84.6. The maximum atomic E-state index is 12.8. The maximum absolute atomic E-state index is 12.8. The first-order valence-electron chi connectivity index (χ1n) is 42.9. The minimum Gasteiger partial charge on any atom is -0.462 e. The minimum absolute atomic E-state index is 0.0517. The van der Waals surface area contributed by atoms with Crippen molar-refractivity contribution in [1.82, 2.24) is 0 Å². The number of carbonyl (C=O) groups is 2. The van der Waals surface area contributed by atoms with Crippen LogP contribution < -0.4 is 5.73 Å². The van der Waals surface area contributed by atoms with E-state index >= 15 is 0 Å². The zero-order chi connectivity index (χ0) is 72.2. The minimum atomic E-state index is -4.40. The quantitative estimate of drug-likeness (QED) is 0.0264. The Morgan fingerprint density at radius 2 is 0.550 bits per heavy atom. The zero-order valence-corrected chi connectivity index (χ0v) is 66.6. The highest BCUT2D eigenvalue weighted by Crippen LogP contribution is 2.43. The molecule has 3 N–H and O–H groups in total. The van der Waals surface area contributed by atoms with E-state index in [1.54, 1.807) is 0 Å². The molecule has 0 aromatic rings. The number of ether oxygens (including phenoxy) is 2. The lowest BCUT2D eigenvalue weighted by Gasteiger charge is -2.19. The zero-order valence-electron chi connectivity index (χ0n) is 65.7. The molecule has 0 aliphatic rings. The highest BCUT2D eigenvalue weighted by Gasteiger charge is 2.26. The normalized spacial score (nSPS) is 13.4. The van der Waals surface area contributed by atoms with Crippen molar-refractivity contribution in [2.75, 3.05) is 26.4 Å². The van der Waals surface area contributed by atoms with E-state index in [-0.39, 0.29) is 38.6 Å². The van der Waals surface area contributed by atoms with E-state index in [1.807, 2.05) is 0 Å². The summed E-state index contributed by atoms with van der Waals surface area (Å²) in [5.74, 6) is -0.813. The average molecular weight is 1420 g/mol. The number of allylic oxidation sites excluding steroid dienone is 18. The Morgan fingerprint density at radius 3 is 0.820 bits per heavy atom. The maximum Gasteiger partial charge on any atom is 0.472 e. The summed E-state index contributed by atoms with van der Waals surface area (Å²) in [5.41, 5.74) is 5.42. The number of carbonyl (C=O) groups excluding carboxylic acids is 2. The number of phosphoric ester groups is 1. The Hall–Kier alpha value is -3.33. The molecule has 9 nitrogen and oxygen atoms in total. The van der Waals surface area contributed by atoms with Crippen molar-refractivity contribution >= 4 is 19.8 Å². The van der Waals surface area contributed by atoms with Crippen molar-refractivity contribution in [3.63, 3.8) is 0 Å². The fourth-order valence-corrected chi connectivity index (χ4v) is 13.4. The van der Waals surface area contributed by atoms with Crippen LogP contribution in [0.1, 0.15) is 418 Å². The number of rotatable bonds is 81. The van der Waals surface area contributed by atoms with Gasteiger partial charge in [0.15, 0.2) is 6.10 Å². The van der Waals surface area contributed by atoms with E-state index in [4.69, 9.17) is 24.3 Å². The Morgan fingerprint density at radius 1 is 0.310 bits per heavy atom. The van der Waals surface area contributed by atoms with Crippen LogP contribution in [0.25, 0.3) is 0 Å². The first-order valence-corrected chi connectivity index (χ1v) is 44.4. The lowest BCUT2D eigenvalue weighted by atomic mass is 10.0. The van der Waals surface area contributed by atoms with Crippen molar-refractivity contribution in [1.29, 1.82) is 0 Å². The van der Waals surface area contributed by atoms with Crippen LogP contribution in [0.15, 0.2) is 109 Å². The van der Waals surface area contributed by atoms with Gasteiger partial charge < -0.3 is 20.1 Å². The molecule has 0 aliphatic heterocycles. The summed E-state index contributed by atoms with van der Waals surface area (Å²) in [6, 6.07) is 0. The highest BCUT2D eigenvalue weighted by atomic mass is 31.2. The fraction of sp³-hybridized carbons (Fsp3) is 0.778. The standard InChI is InChI=1S/C90H162NO8P/c1-3-5-7-9-11-13-15-17-19-21-23-25-27-29-31-33-35-37-39-41-43-44-45-47-49-51-53-55-57-59-61-63-65-67-69-71-73-75-77-79-81-83-90(93)99-88(87-98-100(94,95)97-85-84-91)86-96-89(92)82-80-78-76-74-72-70-68-66-64-62-60-58-56-54-52-50-48-46-42-40-38-36-34-32-30-28-26-24-22-20-18-16-14-12-10-8-6-4-2/h5,7,11,13,17,19,23,25,29,31,35,37,41,43,45,47,51,53,88H,3-4,6,8-10,12,14-16,18,20-22,24,26-28,30,32-34,36,38-40,42,44,46,48-50,52,54-87,91H2,1-2H3,(H,94,95)/b7-5-,13-11-,19-17-,25-23-,31-29-,37-35-,43-41-,47-45-,53-51-. The van der Waals surface area contributed by atoms with Gasteiger partial charge in [-0.15, -0.1) is 0 Å². The Balaban J connectivity index is 3.79. The van der Waals surface area contributed by atoms with Crippen molar-refractivity contribution in [2.45, 2.75) is 424 Å². The van der Waals surface area contributed by atoms with Gasteiger partial charge in [-0.3, -0.25) is 18.6 Å². The SMILES string of the molecule is CC/C=C\C/C=C\C/C=C\C/C=C\C/C=C\C/C=C\C/C=C\C/C=C\C/C=C\CCCCCCCCCCCCCCCC(=O)OC(COC(=O)CCCCCCCCCCCCCCCCCCCCCCCCCCCCCCCCCCCCCCCC)COP(=O)(O)OCCN. The third-order valence-electron chi connectivity index (χ3n) is 18.9. The van der Waals surface area contributed by atoms with Crippen LogP contribution in [0.3, 0.4) is 0 Å².